The number of phenolic OH excluding ortho intramolecular Hbond substituents is 1. The first kappa shape index (κ1) is 19.3. The van der Waals surface area contributed by atoms with Crippen LogP contribution < -0.4 is 14.8 Å². The van der Waals surface area contributed by atoms with Gasteiger partial charge in [0.15, 0.2) is 11.5 Å². The number of hydrogen-bond acceptors (Lipinski definition) is 5. The molecule has 0 aliphatic carbocycles. The van der Waals surface area contributed by atoms with Crippen LogP contribution in [0.4, 0.5) is 11.4 Å². The SMILES string of the molecule is COc1cc(/C=C2\C(=O)Nc3ccccc3N=C2c2ccccc2)cc(OC)c1O. The number of benzene rings is 3. The molecule has 0 saturated carbocycles. The maximum atomic E-state index is 13.2. The Morgan fingerprint density at radius 3 is 2.23 bits per heavy atom. The molecule has 6 heteroatoms. The zero-order chi connectivity index (χ0) is 21.1. The quantitative estimate of drug-likeness (QED) is 0.629. The third-order valence-corrected chi connectivity index (χ3v) is 4.74. The van der Waals surface area contributed by atoms with Gasteiger partial charge in [0.25, 0.3) is 5.91 Å². The van der Waals surface area contributed by atoms with Gasteiger partial charge in [0.2, 0.25) is 5.75 Å². The van der Waals surface area contributed by atoms with Crippen molar-refractivity contribution in [2.45, 2.75) is 0 Å². The Hall–Kier alpha value is -4.06. The minimum absolute atomic E-state index is 0.100. The van der Waals surface area contributed by atoms with Gasteiger partial charge in [-0.3, -0.25) is 4.79 Å². The molecule has 0 unspecified atom stereocenters. The van der Waals surface area contributed by atoms with Crippen LogP contribution in [0.1, 0.15) is 11.1 Å². The fraction of sp³-hybridized carbons (Fsp3) is 0.0833. The van der Waals surface area contributed by atoms with Crippen LogP contribution in [-0.4, -0.2) is 30.9 Å². The summed E-state index contributed by atoms with van der Waals surface area (Å²) in [5, 5.41) is 13.1. The van der Waals surface area contributed by atoms with E-state index in [1.165, 1.54) is 14.2 Å². The molecule has 1 heterocycles. The third-order valence-electron chi connectivity index (χ3n) is 4.74. The van der Waals surface area contributed by atoms with Crippen molar-refractivity contribution in [2.24, 2.45) is 4.99 Å². The lowest BCUT2D eigenvalue weighted by Crippen LogP contribution is -2.19. The van der Waals surface area contributed by atoms with Gasteiger partial charge in [-0.05, 0) is 35.9 Å². The molecule has 0 atom stereocenters. The van der Waals surface area contributed by atoms with Crippen molar-refractivity contribution in [3.63, 3.8) is 0 Å². The second-order valence-electron chi connectivity index (χ2n) is 6.63. The van der Waals surface area contributed by atoms with Gasteiger partial charge in [-0.15, -0.1) is 0 Å². The molecule has 2 N–H and O–H groups in total. The number of methoxy groups -OCH3 is 2. The summed E-state index contributed by atoms with van der Waals surface area (Å²) >= 11 is 0. The number of aliphatic imine (C=N–C) groups is 1. The maximum absolute atomic E-state index is 13.2. The summed E-state index contributed by atoms with van der Waals surface area (Å²) in [5.41, 5.74) is 3.68. The molecule has 30 heavy (non-hydrogen) atoms. The molecule has 0 aromatic heterocycles. The van der Waals surface area contributed by atoms with Gasteiger partial charge in [0.05, 0.1) is 36.9 Å². The van der Waals surface area contributed by atoms with Crippen molar-refractivity contribution in [1.82, 2.24) is 0 Å². The van der Waals surface area contributed by atoms with E-state index in [1.807, 2.05) is 54.6 Å². The Morgan fingerprint density at radius 1 is 0.933 bits per heavy atom. The highest BCUT2D eigenvalue weighted by molar-refractivity contribution is 6.35. The number of amides is 1. The Balaban J connectivity index is 1.92. The molecule has 6 nitrogen and oxygen atoms in total. The molecule has 3 aromatic rings. The van der Waals surface area contributed by atoms with Crippen LogP contribution in [0.15, 0.2) is 77.3 Å². The lowest BCUT2D eigenvalue weighted by atomic mass is 9.99. The van der Waals surface area contributed by atoms with Crippen LogP contribution in [0.25, 0.3) is 6.08 Å². The number of aromatic hydroxyl groups is 1. The highest BCUT2D eigenvalue weighted by Gasteiger charge is 2.23. The Morgan fingerprint density at radius 2 is 1.57 bits per heavy atom. The largest absolute Gasteiger partial charge is 0.502 e. The second-order valence-corrected chi connectivity index (χ2v) is 6.63. The van der Waals surface area contributed by atoms with Gasteiger partial charge in [-0.2, -0.15) is 0 Å². The van der Waals surface area contributed by atoms with Crippen LogP contribution in [0.3, 0.4) is 0 Å². The molecule has 0 saturated heterocycles. The predicted molar refractivity (Wildman–Crippen MR) is 117 cm³/mol. The number of ether oxygens (including phenoxy) is 2. The number of nitrogens with one attached hydrogen (secondary N) is 1. The van der Waals surface area contributed by atoms with E-state index in [0.717, 1.165) is 5.56 Å². The van der Waals surface area contributed by atoms with Gasteiger partial charge in [-0.25, -0.2) is 4.99 Å². The fourth-order valence-corrected chi connectivity index (χ4v) is 3.27. The molecule has 1 aliphatic heterocycles. The first-order valence-electron chi connectivity index (χ1n) is 9.32. The molecule has 0 fully saturated rings. The number of hydrogen-bond donors (Lipinski definition) is 2. The average molecular weight is 400 g/mol. The predicted octanol–water partition coefficient (Wildman–Crippen LogP) is 4.57. The molecule has 1 aliphatic rings. The minimum atomic E-state index is -0.284. The molecule has 0 spiro atoms. The van der Waals surface area contributed by atoms with E-state index >= 15 is 0 Å². The van der Waals surface area contributed by atoms with E-state index in [0.29, 0.717) is 28.2 Å². The average Bonchev–Trinajstić information content (AvgIpc) is 2.91. The number of rotatable bonds is 4. The molecular formula is C24H20N2O4. The summed E-state index contributed by atoms with van der Waals surface area (Å²) in [6.07, 6.45) is 1.71. The van der Waals surface area contributed by atoms with E-state index in [4.69, 9.17) is 14.5 Å². The Bertz CT molecular complexity index is 1140. The highest BCUT2D eigenvalue weighted by atomic mass is 16.5. The van der Waals surface area contributed by atoms with Crippen molar-refractivity contribution in [3.05, 3.63) is 83.4 Å². The standard InChI is InChI=1S/C24H20N2O4/c1-29-20-13-15(14-21(30-2)23(20)27)12-17-22(16-8-4-3-5-9-16)25-18-10-6-7-11-19(18)26-24(17)28/h3-14,27H,1-2H3,(H,26,28)/b17-12-. The van der Waals surface area contributed by atoms with E-state index in [9.17, 15) is 9.90 Å². The van der Waals surface area contributed by atoms with Gasteiger partial charge in [-0.1, -0.05) is 42.5 Å². The number of nitrogens with zero attached hydrogens (tertiary/aromatic N) is 1. The van der Waals surface area contributed by atoms with Gasteiger partial charge in [0.1, 0.15) is 0 Å². The van der Waals surface area contributed by atoms with Crippen LogP contribution in [-0.2, 0) is 4.79 Å². The number of para-hydroxylation sites is 2. The zero-order valence-electron chi connectivity index (χ0n) is 16.5. The lowest BCUT2D eigenvalue weighted by molar-refractivity contribution is -0.112. The van der Waals surface area contributed by atoms with E-state index in [1.54, 1.807) is 18.2 Å². The Labute approximate surface area is 174 Å². The van der Waals surface area contributed by atoms with Crippen LogP contribution in [0.2, 0.25) is 0 Å². The Kier molecular flexibility index (Phi) is 5.22. The number of fused-ring (bicyclic) bond motifs is 1. The van der Waals surface area contributed by atoms with E-state index < -0.39 is 0 Å². The van der Waals surface area contributed by atoms with Gasteiger partial charge in [0, 0.05) is 5.56 Å². The first-order valence-corrected chi connectivity index (χ1v) is 9.32. The molecule has 1 amide bonds. The summed E-state index contributed by atoms with van der Waals surface area (Å²) in [5.74, 6) is 0.110. The summed E-state index contributed by atoms with van der Waals surface area (Å²) in [4.78, 5) is 18.0. The number of phenols is 1. The molecule has 0 radical (unpaired) electrons. The number of carbonyl (C=O) groups is 1. The van der Waals surface area contributed by atoms with E-state index in [2.05, 4.69) is 5.32 Å². The number of carbonyl (C=O) groups excluding carboxylic acids is 1. The number of anilines is 1. The molecular weight excluding hydrogens is 380 g/mol. The van der Waals surface area contributed by atoms with Crippen LogP contribution in [0, 0.1) is 0 Å². The monoisotopic (exact) mass is 400 g/mol. The van der Waals surface area contributed by atoms with Crippen molar-refractivity contribution in [2.75, 3.05) is 19.5 Å². The molecule has 150 valence electrons. The summed E-state index contributed by atoms with van der Waals surface area (Å²) in [6.45, 7) is 0. The normalized spacial score (nSPS) is 14.4. The molecule has 4 rings (SSSR count). The highest BCUT2D eigenvalue weighted by Crippen LogP contribution is 2.38. The third kappa shape index (κ3) is 3.63. The fourth-order valence-electron chi connectivity index (χ4n) is 3.27. The topological polar surface area (TPSA) is 80.2 Å². The maximum Gasteiger partial charge on any atom is 0.257 e. The van der Waals surface area contributed by atoms with Gasteiger partial charge >= 0.3 is 0 Å². The minimum Gasteiger partial charge on any atom is -0.502 e. The smallest absolute Gasteiger partial charge is 0.257 e. The van der Waals surface area contributed by atoms with Crippen molar-refractivity contribution in [1.29, 1.82) is 0 Å². The lowest BCUT2D eigenvalue weighted by Gasteiger charge is -2.12. The van der Waals surface area contributed by atoms with Crippen LogP contribution >= 0.6 is 0 Å². The van der Waals surface area contributed by atoms with Crippen molar-refractivity contribution < 1.29 is 19.4 Å². The van der Waals surface area contributed by atoms with Crippen molar-refractivity contribution >= 4 is 29.1 Å². The second kappa shape index (κ2) is 8.13. The molecule has 0 bridgehead atoms. The van der Waals surface area contributed by atoms with Crippen molar-refractivity contribution in [3.8, 4) is 17.2 Å². The summed E-state index contributed by atoms with van der Waals surface area (Å²) in [7, 11) is 2.91. The van der Waals surface area contributed by atoms with Gasteiger partial charge < -0.3 is 19.9 Å². The van der Waals surface area contributed by atoms with Crippen LogP contribution in [0.5, 0.6) is 17.2 Å². The van der Waals surface area contributed by atoms with E-state index in [-0.39, 0.29) is 23.2 Å². The first-order chi connectivity index (χ1) is 14.6. The molecule has 3 aromatic carbocycles. The summed E-state index contributed by atoms with van der Waals surface area (Å²) in [6, 6.07) is 20.2. The zero-order valence-corrected chi connectivity index (χ0v) is 16.5. The summed E-state index contributed by atoms with van der Waals surface area (Å²) < 4.78 is 10.5.